The maximum Gasteiger partial charge on any atom is 2.00 e. The van der Waals surface area contributed by atoms with Crippen molar-refractivity contribution in [3.8, 4) is 0 Å². The van der Waals surface area contributed by atoms with Crippen LogP contribution in [-0.2, 0) is 17.1 Å². The summed E-state index contributed by atoms with van der Waals surface area (Å²) in [5, 5.41) is 5.97. The number of urea groups is 1. The zero-order valence-electron chi connectivity index (χ0n) is 11.6. The van der Waals surface area contributed by atoms with Crippen molar-refractivity contribution in [2.24, 2.45) is 0 Å². The molecule has 0 fully saturated rings. The summed E-state index contributed by atoms with van der Waals surface area (Å²) in [6.45, 7) is 0. The van der Waals surface area contributed by atoms with Gasteiger partial charge < -0.3 is 10.6 Å². The monoisotopic (exact) mass is 354 g/mol. The number of carbonyl (C=O) groups is 1. The number of carbonyl (C=O) groups excluding carboxylic acids is 1. The number of hydrogen-bond donors (Lipinski definition) is 2. The molecule has 0 saturated heterocycles. The molecule has 0 bridgehead atoms. The number of halogens is 1. The van der Waals surface area contributed by atoms with Crippen molar-refractivity contribution >= 4 is 29.0 Å². The van der Waals surface area contributed by atoms with Gasteiger partial charge in [0, 0.05) is 10.7 Å². The second kappa shape index (κ2) is 9.85. The molecule has 3 rings (SSSR count). The van der Waals surface area contributed by atoms with Gasteiger partial charge in [0.05, 0.1) is 0 Å². The number of amides is 2. The van der Waals surface area contributed by atoms with Gasteiger partial charge >= 0.3 is 23.1 Å². The fraction of sp³-hybridized carbons (Fsp3) is 0. The first-order valence-corrected chi connectivity index (χ1v) is 6.84. The smallest absolute Gasteiger partial charge is 0.371 e. The Hall–Kier alpha value is -2.00. The van der Waals surface area contributed by atoms with E-state index in [2.05, 4.69) is 10.6 Å². The van der Waals surface area contributed by atoms with Crippen molar-refractivity contribution in [1.82, 2.24) is 0 Å². The third kappa shape index (κ3) is 6.63. The first kappa shape index (κ1) is 18.0. The first-order valence-electron chi connectivity index (χ1n) is 6.46. The minimum Gasteiger partial charge on any atom is -0.371 e. The van der Waals surface area contributed by atoms with Crippen LogP contribution in [0.2, 0.25) is 5.02 Å². The number of rotatable bonds is 2. The van der Waals surface area contributed by atoms with Crippen LogP contribution in [0.25, 0.3) is 0 Å². The standard InChI is InChI=1S/C12H10ClN2O.C5H5.Fe/c13-9-4-3-7-11(8-9)15-12(16)14-10-5-1-2-6-10;1-2-4-5-3-1;/h1-8H,(H2,14,15,16);1-5H;/q2*-1;+2. The Labute approximate surface area is 145 Å². The Morgan fingerprint density at radius 1 is 0.909 bits per heavy atom. The SMILES string of the molecule is O=C(Nc1cc[cH-]c1)Nc1cccc(Cl)c1.[Fe+2].c1cc[cH-]c1. The van der Waals surface area contributed by atoms with E-state index in [0.717, 1.165) is 5.69 Å². The van der Waals surface area contributed by atoms with Crippen molar-refractivity contribution in [1.29, 1.82) is 0 Å². The molecule has 0 radical (unpaired) electrons. The average Bonchev–Trinajstić information content (AvgIpc) is 3.14. The van der Waals surface area contributed by atoms with E-state index in [-0.39, 0.29) is 23.1 Å². The van der Waals surface area contributed by atoms with Gasteiger partial charge in [0.25, 0.3) is 0 Å². The third-order valence-corrected chi connectivity index (χ3v) is 2.79. The molecule has 2 N–H and O–H groups in total. The number of hydrogen-bond acceptors (Lipinski definition) is 1. The fourth-order valence-corrected chi connectivity index (χ4v) is 1.83. The molecule has 0 saturated carbocycles. The van der Waals surface area contributed by atoms with Gasteiger partial charge in [-0.1, -0.05) is 17.7 Å². The zero-order chi connectivity index (χ0) is 14.9. The predicted molar refractivity (Wildman–Crippen MR) is 88.2 cm³/mol. The quantitative estimate of drug-likeness (QED) is 0.487. The molecule has 0 aliphatic rings. The van der Waals surface area contributed by atoms with Crippen LogP contribution in [0.5, 0.6) is 0 Å². The topological polar surface area (TPSA) is 41.1 Å². The van der Waals surface area contributed by atoms with Gasteiger partial charge in [0.2, 0.25) is 0 Å². The van der Waals surface area contributed by atoms with Crippen LogP contribution in [0.15, 0.2) is 78.9 Å². The van der Waals surface area contributed by atoms with Crippen LogP contribution in [0.3, 0.4) is 0 Å². The van der Waals surface area contributed by atoms with Crippen molar-refractivity contribution < 1.29 is 21.9 Å². The molecular formula is C17H15ClFeN2O. The van der Waals surface area contributed by atoms with Crippen molar-refractivity contribution in [3.05, 3.63) is 83.9 Å². The molecule has 3 aromatic rings. The molecule has 2 amide bonds. The van der Waals surface area contributed by atoms with E-state index >= 15 is 0 Å². The van der Waals surface area contributed by atoms with E-state index in [1.807, 2.05) is 54.6 Å². The van der Waals surface area contributed by atoms with Crippen LogP contribution in [0.4, 0.5) is 16.2 Å². The largest absolute Gasteiger partial charge is 2.00 e. The molecule has 0 aliphatic heterocycles. The predicted octanol–water partition coefficient (Wildman–Crippen LogP) is 5.11. The van der Waals surface area contributed by atoms with Gasteiger partial charge in [0.15, 0.2) is 0 Å². The van der Waals surface area contributed by atoms with E-state index in [0.29, 0.717) is 10.7 Å². The summed E-state index contributed by atoms with van der Waals surface area (Å²) in [6.07, 6.45) is 0. The van der Waals surface area contributed by atoms with Gasteiger partial charge in [-0.3, -0.25) is 0 Å². The van der Waals surface area contributed by atoms with Crippen LogP contribution >= 0.6 is 11.6 Å². The van der Waals surface area contributed by atoms with Crippen molar-refractivity contribution in [2.75, 3.05) is 10.6 Å². The molecule has 0 unspecified atom stereocenters. The number of anilines is 2. The molecule has 3 nitrogen and oxygen atoms in total. The molecule has 0 aromatic heterocycles. The first-order chi connectivity index (χ1) is 10.2. The summed E-state index contributed by atoms with van der Waals surface area (Å²) >= 11 is 5.80. The minimum atomic E-state index is -0.284. The van der Waals surface area contributed by atoms with E-state index < -0.39 is 0 Å². The minimum absolute atomic E-state index is 0. The van der Waals surface area contributed by atoms with E-state index in [1.54, 1.807) is 24.3 Å². The second-order valence-corrected chi connectivity index (χ2v) is 4.66. The number of nitrogens with one attached hydrogen (secondary N) is 2. The summed E-state index contributed by atoms with van der Waals surface area (Å²) in [6, 6.07) is 24.1. The molecular weight excluding hydrogens is 339 g/mol. The van der Waals surface area contributed by atoms with Crippen LogP contribution in [0, 0.1) is 0 Å². The summed E-state index contributed by atoms with van der Waals surface area (Å²) in [5.41, 5.74) is 1.43. The molecule has 3 aromatic carbocycles. The molecule has 0 aliphatic carbocycles. The van der Waals surface area contributed by atoms with Crippen molar-refractivity contribution in [3.63, 3.8) is 0 Å². The van der Waals surface area contributed by atoms with Crippen LogP contribution in [0.1, 0.15) is 0 Å². The third-order valence-electron chi connectivity index (χ3n) is 2.56. The van der Waals surface area contributed by atoms with Crippen LogP contribution < -0.4 is 10.6 Å². The Balaban J connectivity index is 0.000000344. The summed E-state index contributed by atoms with van der Waals surface area (Å²) < 4.78 is 0. The van der Waals surface area contributed by atoms with Gasteiger partial charge in [-0.25, -0.2) is 16.9 Å². The second-order valence-electron chi connectivity index (χ2n) is 4.23. The van der Waals surface area contributed by atoms with E-state index in [9.17, 15) is 4.79 Å². The molecule has 0 atom stereocenters. The Morgan fingerprint density at radius 3 is 2.18 bits per heavy atom. The van der Waals surface area contributed by atoms with E-state index in [4.69, 9.17) is 11.6 Å². The summed E-state index contributed by atoms with van der Waals surface area (Å²) in [5.74, 6) is 0. The maximum absolute atomic E-state index is 11.5. The molecule has 5 heteroatoms. The average molecular weight is 355 g/mol. The van der Waals surface area contributed by atoms with Crippen LogP contribution in [-0.4, -0.2) is 6.03 Å². The normalized spacial score (nSPS) is 8.95. The van der Waals surface area contributed by atoms with Gasteiger partial charge in [0.1, 0.15) is 0 Å². The maximum atomic E-state index is 11.5. The van der Waals surface area contributed by atoms with Gasteiger partial charge in [-0.2, -0.15) is 42.5 Å². The Morgan fingerprint density at radius 2 is 1.64 bits per heavy atom. The Kier molecular flexibility index (Phi) is 8.08. The molecule has 114 valence electrons. The molecule has 0 spiro atoms. The summed E-state index contributed by atoms with van der Waals surface area (Å²) in [4.78, 5) is 11.5. The van der Waals surface area contributed by atoms with E-state index in [1.165, 1.54) is 0 Å². The zero-order valence-corrected chi connectivity index (χ0v) is 13.5. The molecule has 22 heavy (non-hydrogen) atoms. The van der Waals surface area contributed by atoms with Gasteiger partial charge in [-0.15, -0.1) is 5.69 Å². The Bertz CT molecular complexity index is 634. The summed E-state index contributed by atoms with van der Waals surface area (Å²) in [7, 11) is 0. The molecule has 0 heterocycles. The van der Waals surface area contributed by atoms with Crippen molar-refractivity contribution in [2.45, 2.75) is 0 Å². The fourth-order valence-electron chi connectivity index (χ4n) is 1.64. The van der Waals surface area contributed by atoms with Gasteiger partial charge in [-0.05, 0) is 18.2 Å². The number of benzene rings is 1.